The van der Waals surface area contributed by atoms with Crippen LogP contribution in [0.3, 0.4) is 0 Å². The largest absolute Gasteiger partial charge is 0.492 e. The first-order chi connectivity index (χ1) is 11.5. The van der Waals surface area contributed by atoms with E-state index in [1.807, 2.05) is 0 Å². The van der Waals surface area contributed by atoms with Gasteiger partial charge >= 0.3 is 0 Å². The first kappa shape index (κ1) is 15.9. The summed E-state index contributed by atoms with van der Waals surface area (Å²) in [7, 11) is 0. The molecule has 7 nitrogen and oxygen atoms in total. The van der Waals surface area contributed by atoms with Gasteiger partial charge in [-0.3, -0.25) is 19.5 Å². The summed E-state index contributed by atoms with van der Waals surface area (Å²) >= 11 is 5.80. The third-order valence-electron chi connectivity index (χ3n) is 3.43. The number of hydrogen-bond donors (Lipinski definition) is 0. The van der Waals surface area contributed by atoms with Gasteiger partial charge in [-0.2, -0.15) is 0 Å². The second-order valence-corrected chi connectivity index (χ2v) is 5.44. The summed E-state index contributed by atoms with van der Waals surface area (Å²) in [6.07, 6.45) is 1.40. The number of nitrogens with zero attached hydrogens (tertiary/aromatic N) is 3. The van der Waals surface area contributed by atoms with Gasteiger partial charge in [0.05, 0.1) is 28.7 Å². The van der Waals surface area contributed by atoms with Crippen LogP contribution in [0, 0.1) is 10.1 Å². The lowest BCUT2D eigenvalue weighted by Crippen LogP contribution is -2.23. The zero-order valence-electron chi connectivity index (χ0n) is 12.4. The molecule has 0 bridgehead atoms. The first-order valence-corrected chi connectivity index (χ1v) is 7.44. The number of benzene rings is 2. The SMILES string of the molecule is O=c1c2cc([N+](=O)[O-])ccc2ncn1CCOc1ccc(Cl)cc1. The fourth-order valence-corrected chi connectivity index (χ4v) is 2.34. The van der Waals surface area contributed by atoms with E-state index in [1.54, 1.807) is 24.3 Å². The minimum Gasteiger partial charge on any atom is -0.492 e. The molecule has 0 saturated heterocycles. The van der Waals surface area contributed by atoms with Crippen LogP contribution < -0.4 is 10.3 Å². The predicted molar refractivity (Wildman–Crippen MR) is 89.6 cm³/mol. The van der Waals surface area contributed by atoms with E-state index >= 15 is 0 Å². The molecule has 8 heteroatoms. The Morgan fingerprint density at radius 2 is 1.96 bits per heavy atom. The minimum absolute atomic E-state index is 0.142. The summed E-state index contributed by atoms with van der Waals surface area (Å²) in [4.78, 5) is 26.9. The molecule has 2 aromatic carbocycles. The first-order valence-electron chi connectivity index (χ1n) is 7.06. The van der Waals surface area contributed by atoms with Gasteiger partial charge in [0, 0.05) is 17.2 Å². The van der Waals surface area contributed by atoms with E-state index in [9.17, 15) is 14.9 Å². The second-order valence-electron chi connectivity index (χ2n) is 5.00. The van der Waals surface area contributed by atoms with E-state index in [0.29, 0.717) is 16.3 Å². The molecule has 3 aromatic rings. The molecule has 0 N–H and O–H groups in total. The highest BCUT2D eigenvalue weighted by molar-refractivity contribution is 6.30. The van der Waals surface area contributed by atoms with Gasteiger partial charge in [0.1, 0.15) is 12.4 Å². The fourth-order valence-electron chi connectivity index (χ4n) is 2.21. The van der Waals surface area contributed by atoms with E-state index in [2.05, 4.69) is 4.98 Å². The highest BCUT2D eigenvalue weighted by atomic mass is 35.5. The average Bonchev–Trinajstić information content (AvgIpc) is 2.58. The Morgan fingerprint density at radius 1 is 1.21 bits per heavy atom. The maximum atomic E-state index is 12.4. The number of aromatic nitrogens is 2. The Bertz CT molecular complexity index is 954. The molecule has 0 spiro atoms. The molecular weight excluding hydrogens is 334 g/mol. The Morgan fingerprint density at radius 3 is 2.67 bits per heavy atom. The minimum atomic E-state index is -0.542. The number of halogens is 1. The van der Waals surface area contributed by atoms with Crippen molar-refractivity contribution in [1.29, 1.82) is 0 Å². The van der Waals surface area contributed by atoms with Gasteiger partial charge in [-0.15, -0.1) is 0 Å². The van der Waals surface area contributed by atoms with Crippen LogP contribution in [-0.2, 0) is 6.54 Å². The fraction of sp³-hybridized carbons (Fsp3) is 0.125. The molecule has 0 unspecified atom stereocenters. The number of ether oxygens (including phenoxy) is 1. The van der Waals surface area contributed by atoms with E-state index in [4.69, 9.17) is 16.3 Å². The standard InChI is InChI=1S/C16H12ClN3O4/c17-11-1-4-13(5-2-11)24-8-7-19-10-18-15-6-3-12(20(22)23)9-14(15)16(19)21/h1-6,9-10H,7-8H2. The van der Waals surface area contributed by atoms with Crippen molar-refractivity contribution in [3.63, 3.8) is 0 Å². The quantitative estimate of drug-likeness (QED) is 0.524. The molecule has 1 heterocycles. The molecule has 0 fully saturated rings. The van der Waals surface area contributed by atoms with Gasteiger partial charge in [-0.05, 0) is 30.3 Å². The van der Waals surface area contributed by atoms with Crippen molar-refractivity contribution in [2.75, 3.05) is 6.61 Å². The zero-order chi connectivity index (χ0) is 17.1. The van der Waals surface area contributed by atoms with Crippen molar-refractivity contribution in [1.82, 2.24) is 9.55 Å². The van der Waals surface area contributed by atoms with Crippen LogP contribution >= 0.6 is 11.6 Å². The number of nitro groups is 1. The predicted octanol–water partition coefficient (Wildman–Crippen LogP) is 3.04. The number of rotatable bonds is 5. The highest BCUT2D eigenvalue weighted by Crippen LogP contribution is 2.17. The molecule has 0 saturated carbocycles. The molecule has 24 heavy (non-hydrogen) atoms. The molecule has 1 aromatic heterocycles. The van der Waals surface area contributed by atoms with Gasteiger partial charge in [-0.25, -0.2) is 4.98 Å². The lowest BCUT2D eigenvalue weighted by Gasteiger charge is -2.08. The molecule has 0 radical (unpaired) electrons. The highest BCUT2D eigenvalue weighted by Gasteiger charge is 2.10. The zero-order valence-corrected chi connectivity index (χ0v) is 13.1. The maximum absolute atomic E-state index is 12.4. The molecule has 122 valence electrons. The monoisotopic (exact) mass is 345 g/mol. The van der Waals surface area contributed by atoms with Crippen molar-refractivity contribution >= 4 is 28.2 Å². The Hall–Kier alpha value is -2.93. The van der Waals surface area contributed by atoms with Crippen LogP contribution in [-0.4, -0.2) is 21.1 Å². The lowest BCUT2D eigenvalue weighted by atomic mass is 10.2. The normalized spacial score (nSPS) is 10.7. The molecule has 0 atom stereocenters. The summed E-state index contributed by atoms with van der Waals surface area (Å²) < 4.78 is 6.90. The summed E-state index contributed by atoms with van der Waals surface area (Å²) in [6, 6.07) is 10.9. The summed E-state index contributed by atoms with van der Waals surface area (Å²) in [5.41, 5.74) is -0.0690. The third-order valence-corrected chi connectivity index (χ3v) is 3.68. The van der Waals surface area contributed by atoms with Crippen LogP contribution in [0.25, 0.3) is 10.9 Å². The summed E-state index contributed by atoms with van der Waals surface area (Å²) in [5, 5.41) is 11.7. The average molecular weight is 346 g/mol. The molecule has 0 aliphatic heterocycles. The Kier molecular flexibility index (Phi) is 4.43. The van der Waals surface area contributed by atoms with Gasteiger partial charge in [0.15, 0.2) is 0 Å². The van der Waals surface area contributed by atoms with Gasteiger partial charge in [0.25, 0.3) is 11.2 Å². The third kappa shape index (κ3) is 3.36. The van der Waals surface area contributed by atoms with Crippen molar-refractivity contribution in [2.24, 2.45) is 0 Å². The summed E-state index contributed by atoms with van der Waals surface area (Å²) in [6.45, 7) is 0.525. The van der Waals surface area contributed by atoms with Crippen LogP contribution in [0.1, 0.15) is 0 Å². The Labute approximate surface area is 141 Å². The number of fused-ring (bicyclic) bond motifs is 1. The molecule has 3 rings (SSSR count). The Balaban J connectivity index is 1.79. The van der Waals surface area contributed by atoms with E-state index in [1.165, 1.54) is 29.1 Å². The van der Waals surface area contributed by atoms with Crippen molar-refractivity contribution in [3.05, 3.63) is 74.3 Å². The van der Waals surface area contributed by atoms with E-state index < -0.39 is 4.92 Å². The topological polar surface area (TPSA) is 87.3 Å². The van der Waals surface area contributed by atoms with Crippen molar-refractivity contribution < 1.29 is 9.66 Å². The molecule has 0 aliphatic rings. The summed E-state index contributed by atoms with van der Waals surface area (Å²) in [5.74, 6) is 0.636. The van der Waals surface area contributed by atoms with Crippen LogP contribution in [0.15, 0.2) is 53.6 Å². The molecular formula is C16H12ClN3O4. The van der Waals surface area contributed by atoms with Gasteiger partial charge < -0.3 is 4.74 Å². The van der Waals surface area contributed by atoms with Crippen LogP contribution in [0.2, 0.25) is 5.02 Å². The maximum Gasteiger partial charge on any atom is 0.270 e. The lowest BCUT2D eigenvalue weighted by molar-refractivity contribution is -0.384. The number of hydrogen-bond acceptors (Lipinski definition) is 5. The second kappa shape index (κ2) is 6.67. The van der Waals surface area contributed by atoms with E-state index in [-0.39, 0.29) is 29.8 Å². The van der Waals surface area contributed by atoms with Crippen molar-refractivity contribution in [2.45, 2.75) is 6.54 Å². The van der Waals surface area contributed by atoms with E-state index in [0.717, 1.165) is 0 Å². The van der Waals surface area contributed by atoms with Gasteiger partial charge in [0.2, 0.25) is 0 Å². The van der Waals surface area contributed by atoms with Crippen LogP contribution in [0.4, 0.5) is 5.69 Å². The molecule has 0 aliphatic carbocycles. The number of non-ortho nitro benzene ring substituents is 1. The van der Waals surface area contributed by atoms with Gasteiger partial charge in [-0.1, -0.05) is 11.6 Å². The van der Waals surface area contributed by atoms with Crippen LogP contribution in [0.5, 0.6) is 5.75 Å². The smallest absolute Gasteiger partial charge is 0.270 e. The number of nitro benzene ring substituents is 1. The van der Waals surface area contributed by atoms with Crippen molar-refractivity contribution in [3.8, 4) is 5.75 Å². The molecule has 0 amide bonds.